The fourth-order valence-electron chi connectivity index (χ4n) is 5.72. The molecular weight excluding hydrogens is 509 g/mol. The van der Waals surface area contributed by atoms with Crippen LogP contribution in [0.2, 0.25) is 0 Å². The van der Waals surface area contributed by atoms with Crippen LogP contribution in [0.15, 0.2) is 54.7 Å². The highest BCUT2D eigenvalue weighted by Gasteiger charge is 2.51. The van der Waals surface area contributed by atoms with Gasteiger partial charge in [0.2, 0.25) is 17.7 Å². The molecule has 2 aromatic carbocycles. The van der Waals surface area contributed by atoms with E-state index in [9.17, 15) is 18.8 Å². The molecule has 0 radical (unpaired) electrons. The molecule has 3 aromatic rings. The molecule has 40 heavy (non-hydrogen) atoms. The van der Waals surface area contributed by atoms with Crippen molar-refractivity contribution in [2.75, 3.05) is 24.2 Å². The van der Waals surface area contributed by atoms with Crippen LogP contribution in [0.25, 0.3) is 0 Å². The van der Waals surface area contributed by atoms with E-state index in [1.54, 1.807) is 46.1 Å². The number of hydrogen-bond donors (Lipinski definition) is 3. The number of carbonyl (C=O) groups is 3. The minimum absolute atomic E-state index is 0.0608. The Hall–Kier alpha value is -4.11. The van der Waals surface area contributed by atoms with Crippen LogP contribution < -0.4 is 16.0 Å². The van der Waals surface area contributed by atoms with E-state index in [-0.39, 0.29) is 36.6 Å². The van der Waals surface area contributed by atoms with Gasteiger partial charge in [0.05, 0.1) is 5.41 Å². The Kier molecular flexibility index (Phi) is 7.18. The van der Waals surface area contributed by atoms with Crippen LogP contribution in [0.5, 0.6) is 0 Å². The molecule has 0 saturated heterocycles. The molecule has 5 rings (SSSR count). The highest BCUT2D eigenvalue weighted by atomic mass is 19.1. The number of fused-ring (bicyclic) bond motifs is 3. The zero-order valence-corrected chi connectivity index (χ0v) is 23.2. The van der Waals surface area contributed by atoms with Gasteiger partial charge in [0.1, 0.15) is 18.2 Å². The number of hydrogen-bond acceptors (Lipinski definition) is 5. The summed E-state index contributed by atoms with van der Waals surface area (Å²) in [6, 6.07) is 14.2. The number of rotatable bonds is 7. The molecule has 0 bridgehead atoms. The number of carbonyl (C=O) groups excluding carboxylic acids is 3. The number of aromatic nitrogens is 1. The first-order valence-corrected chi connectivity index (χ1v) is 13.4. The second kappa shape index (κ2) is 10.5. The predicted molar refractivity (Wildman–Crippen MR) is 151 cm³/mol. The van der Waals surface area contributed by atoms with Gasteiger partial charge < -0.3 is 20.9 Å². The van der Waals surface area contributed by atoms with Crippen molar-refractivity contribution in [3.05, 3.63) is 88.4 Å². The molecular formula is C31H34FN5O3. The van der Waals surface area contributed by atoms with E-state index in [2.05, 4.69) is 20.9 Å². The van der Waals surface area contributed by atoms with Crippen molar-refractivity contribution < 1.29 is 18.8 Å². The van der Waals surface area contributed by atoms with Gasteiger partial charge in [0.25, 0.3) is 0 Å². The lowest BCUT2D eigenvalue weighted by Gasteiger charge is -2.30. The minimum atomic E-state index is -0.730. The van der Waals surface area contributed by atoms with Crippen molar-refractivity contribution in [3.63, 3.8) is 0 Å². The quantitative estimate of drug-likeness (QED) is 0.419. The molecule has 0 saturated carbocycles. The maximum atomic E-state index is 14.5. The number of benzene rings is 2. The lowest BCUT2D eigenvalue weighted by Crippen LogP contribution is -2.43. The Balaban J connectivity index is 1.34. The number of nitrogens with zero attached hydrogens (tertiary/aromatic N) is 2. The summed E-state index contributed by atoms with van der Waals surface area (Å²) in [5.74, 6) is -0.379. The van der Waals surface area contributed by atoms with Crippen LogP contribution in [0.1, 0.15) is 48.6 Å². The third kappa shape index (κ3) is 5.09. The molecule has 0 fully saturated rings. The minimum Gasteiger partial charge on any atom is -0.329 e. The summed E-state index contributed by atoms with van der Waals surface area (Å²) in [7, 11) is 1.73. The molecule has 1 spiro atoms. The second-order valence-electron chi connectivity index (χ2n) is 11.6. The van der Waals surface area contributed by atoms with Gasteiger partial charge in [-0.25, -0.2) is 9.37 Å². The fourth-order valence-corrected chi connectivity index (χ4v) is 5.72. The molecule has 1 aliphatic carbocycles. The van der Waals surface area contributed by atoms with E-state index in [4.69, 9.17) is 0 Å². The third-order valence-corrected chi connectivity index (χ3v) is 7.66. The smallest absolute Gasteiger partial charge is 0.244 e. The van der Waals surface area contributed by atoms with Crippen LogP contribution in [0.4, 0.5) is 15.9 Å². The SMILES string of the molecule is CNCc1c(F)cccc1CN(CC(=O)Nc1ccc2c(c1)CC1(C2)C(=O)Nc2ncccc21)C(=O)C(C)(C)C. The molecule has 2 heterocycles. The van der Waals surface area contributed by atoms with Crippen molar-refractivity contribution in [1.29, 1.82) is 0 Å². The summed E-state index contributed by atoms with van der Waals surface area (Å²) >= 11 is 0. The van der Waals surface area contributed by atoms with E-state index in [1.807, 2.05) is 30.3 Å². The van der Waals surface area contributed by atoms with Crippen LogP contribution in [-0.4, -0.2) is 41.2 Å². The number of halogens is 1. The first-order valence-electron chi connectivity index (χ1n) is 13.4. The van der Waals surface area contributed by atoms with Gasteiger partial charge in [-0.2, -0.15) is 0 Å². The topological polar surface area (TPSA) is 103 Å². The number of amides is 3. The molecule has 208 valence electrons. The number of anilines is 2. The van der Waals surface area contributed by atoms with Crippen LogP contribution in [-0.2, 0) is 45.7 Å². The number of pyridine rings is 1. The van der Waals surface area contributed by atoms with Gasteiger partial charge in [-0.3, -0.25) is 14.4 Å². The zero-order valence-electron chi connectivity index (χ0n) is 23.2. The van der Waals surface area contributed by atoms with Gasteiger partial charge in [-0.15, -0.1) is 0 Å². The maximum absolute atomic E-state index is 14.5. The lowest BCUT2D eigenvalue weighted by molar-refractivity contribution is -0.142. The largest absolute Gasteiger partial charge is 0.329 e. The van der Waals surface area contributed by atoms with Crippen molar-refractivity contribution in [2.45, 2.75) is 52.1 Å². The molecule has 1 aromatic heterocycles. The summed E-state index contributed by atoms with van der Waals surface area (Å²) in [5.41, 5.74) is 3.22. The molecule has 9 heteroatoms. The first-order chi connectivity index (χ1) is 19.0. The summed E-state index contributed by atoms with van der Waals surface area (Å²) in [4.78, 5) is 45.3. The third-order valence-electron chi connectivity index (χ3n) is 7.66. The molecule has 2 aliphatic rings. The summed E-state index contributed by atoms with van der Waals surface area (Å²) < 4.78 is 14.5. The van der Waals surface area contributed by atoms with Gasteiger partial charge in [-0.1, -0.05) is 45.0 Å². The van der Waals surface area contributed by atoms with Crippen molar-refractivity contribution >= 4 is 29.2 Å². The Bertz CT molecular complexity index is 1500. The van der Waals surface area contributed by atoms with Gasteiger partial charge in [-0.05, 0) is 60.8 Å². The standard InChI is InChI=1S/C31H34FN5O3/c1-30(2,3)29(40)37(17-20-7-5-9-25(32)23(20)16-33-4)18-26(38)35-22-11-10-19-14-31(15-21(19)13-22)24-8-6-12-34-27(24)36-28(31)39/h5-13,33H,14-18H2,1-4H3,(H,35,38)(H,34,36,39). The van der Waals surface area contributed by atoms with Crippen molar-refractivity contribution in [3.8, 4) is 0 Å². The van der Waals surface area contributed by atoms with Crippen molar-refractivity contribution in [2.24, 2.45) is 5.41 Å². The Morgan fingerprint density at radius 3 is 2.62 bits per heavy atom. The average Bonchev–Trinajstić information content (AvgIpc) is 3.41. The summed E-state index contributed by atoms with van der Waals surface area (Å²) in [6.45, 7) is 5.61. The highest BCUT2D eigenvalue weighted by Crippen LogP contribution is 2.46. The second-order valence-corrected chi connectivity index (χ2v) is 11.6. The molecule has 1 unspecified atom stereocenters. The Morgan fingerprint density at radius 2 is 1.88 bits per heavy atom. The first kappa shape index (κ1) is 27.5. The summed E-state index contributed by atoms with van der Waals surface area (Å²) in [6.07, 6.45) is 2.74. The van der Waals surface area contributed by atoms with E-state index < -0.39 is 10.8 Å². The molecule has 8 nitrogen and oxygen atoms in total. The zero-order chi connectivity index (χ0) is 28.7. The Morgan fingerprint density at radius 1 is 1.10 bits per heavy atom. The number of nitrogens with one attached hydrogen (secondary N) is 3. The molecule has 1 atom stereocenters. The molecule has 3 N–H and O–H groups in total. The predicted octanol–water partition coefficient (Wildman–Crippen LogP) is 3.94. The lowest BCUT2D eigenvalue weighted by atomic mass is 9.79. The maximum Gasteiger partial charge on any atom is 0.244 e. The van der Waals surface area contributed by atoms with Gasteiger partial charge in [0, 0.05) is 41.5 Å². The normalized spacial score (nSPS) is 17.4. The van der Waals surface area contributed by atoms with Gasteiger partial charge in [0.15, 0.2) is 0 Å². The summed E-state index contributed by atoms with van der Waals surface area (Å²) in [5, 5.41) is 8.80. The average molecular weight is 544 g/mol. The van der Waals surface area contributed by atoms with E-state index in [0.29, 0.717) is 42.0 Å². The van der Waals surface area contributed by atoms with Crippen LogP contribution in [0, 0.1) is 11.2 Å². The monoisotopic (exact) mass is 543 g/mol. The van der Waals surface area contributed by atoms with E-state index in [1.165, 1.54) is 11.0 Å². The van der Waals surface area contributed by atoms with Crippen LogP contribution >= 0.6 is 0 Å². The van der Waals surface area contributed by atoms with Crippen LogP contribution in [0.3, 0.4) is 0 Å². The molecule has 3 amide bonds. The van der Waals surface area contributed by atoms with E-state index >= 15 is 0 Å². The van der Waals surface area contributed by atoms with Gasteiger partial charge >= 0.3 is 0 Å². The van der Waals surface area contributed by atoms with Crippen molar-refractivity contribution in [1.82, 2.24) is 15.2 Å². The highest BCUT2D eigenvalue weighted by molar-refractivity contribution is 6.06. The Labute approximate surface area is 233 Å². The fraction of sp³-hybridized carbons (Fsp3) is 0.355. The molecule has 1 aliphatic heterocycles. The van der Waals surface area contributed by atoms with E-state index in [0.717, 1.165) is 16.7 Å².